The fraction of sp³-hybridized carbons (Fsp3) is 0.763. The predicted octanol–water partition coefficient (Wildman–Crippen LogP) is 4.07. The molecule has 0 saturated carbocycles. The number of nitriles is 1. The van der Waals surface area contributed by atoms with Crippen molar-refractivity contribution in [3.05, 3.63) is 23.8 Å². The molecule has 0 radical (unpaired) electrons. The molecular weight excluding hydrogens is 632 g/mol. The number of hydrogen-bond donors (Lipinski definition) is 0. The highest BCUT2D eigenvalue weighted by atomic mass is 16.2. The number of carbonyl (C=O) groups is 4. The maximum absolute atomic E-state index is 12.7. The van der Waals surface area contributed by atoms with E-state index in [-0.39, 0.29) is 34.9 Å². The molecule has 0 aromatic heterocycles. The first-order valence-corrected chi connectivity index (χ1v) is 18.6. The van der Waals surface area contributed by atoms with Crippen LogP contribution in [-0.2, 0) is 9.59 Å². The molecule has 4 rings (SSSR count). The lowest BCUT2D eigenvalue weighted by Crippen LogP contribution is -2.54. The largest absolute Gasteiger partial charge is 0.336 e. The van der Waals surface area contributed by atoms with Crippen LogP contribution in [0.25, 0.3) is 0 Å². The molecule has 4 saturated heterocycles. The molecule has 0 spiro atoms. The van der Waals surface area contributed by atoms with Gasteiger partial charge < -0.3 is 34.3 Å². The van der Waals surface area contributed by atoms with E-state index in [0.29, 0.717) is 76.0 Å². The Morgan fingerprint density at radius 1 is 0.700 bits per heavy atom. The number of rotatable bonds is 6. The fourth-order valence-electron chi connectivity index (χ4n) is 6.84. The van der Waals surface area contributed by atoms with E-state index in [1.807, 2.05) is 76.4 Å². The number of nitrogens with zero attached hydrogens (tertiary/aromatic N) is 8. The predicted molar refractivity (Wildman–Crippen MR) is 197 cm³/mol. The van der Waals surface area contributed by atoms with Crippen LogP contribution in [0, 0.1) is 40.4 Å². The van der Waals surface area contributed by atoms with Gasteiger partial charge in [-0.3, -0.25) is 9.59 Å². The molecule has 0 aliphatic carbocycles. The SMILES string of the molecule is CC(C)C1CCN(C(=O)N2CCN(C(=O)/C(C#N)=C/C(C)(C)C)CC2)C1.CC(C)C1CCN(C(=O)N2CCN(C(=O)/C=C/CN(C)C)CC2)C1. The Hall–Kier alpha value is -3.59. The van der Waals surface area contributed by atoms with Crippen molar-refractivity contribution in [1.29, 1.82) is 5.26 Å². The molecule has 12 heteroatoms. The Morgan fingerprint density at radius 2 is 1.12 bits per heavy atom. The zero-order valence-electron chi connectivity index (χ0n) is 32.4. The van der Waals surface area contributed by atoms with E-state index in [1.165, 1.54) is 0 Å². The third-order valence-electron chi connectivity index (χ3n) is 10.2. The number of carbonyl (C=O) groups excluding carboxylic acids is 4. The Morgan fingerprint density at radius 3 is 1.48 bits per heavy atom. The summed E-state index contributed by atoms with van der Waals surface area (Å²) in [6.45, 7) is 23.5. The zero-order chi connectivity index (χ0) is 37.2. The Kier molecular flexibility index (Phi) is 15.2. The average Bonchev–Trinajstić information content (AvgIpc) is 3.78. The van der Waals surface area contributed by atoms with Gasteiger partial charge in [-0.25, -0.2) is 9.59 Å². The van der Waals surface area contributed by atoms with Crippen LogP contribution in [-0.4, -0.2) is 157 Å². The van der Waals surface area contributed by atoms with Crippen LogP contribution in [0.4, 0.5) is 9.59 Å². The number of amides is 6. The summed E-state index contributed by atoms with van der Waals surface area (Å²) in [5, 5.41) is 9.31. The lowest BCUT2D eigenvalue weighted by Gasteiger charge is -2.36. The zero-order valence-corrected chi connectivity index (χ0v) is 32.4. The molecule has 280 valence electrons. The monoisotopic (exact) mass is 697 g/mol. The van der Waals surface area contributed by atoms with Gasteiger partial charge in [0.2, 0.25) is 5.91 Å². The second kappa shape index (κ2) is 18.6. The van der Waals surface area contributed by atoms with Gasteiger partial charge in [-0.15, -0.1) is 0 Å². The maximum atomic E-state index is 12.7. The third kappa shape index (κ3) is 12.0. The van der Waals surface area contributed by atoms with E-state index >= 15 is 0 Å². The van der Waals surface area contributed by atoms with Crippen LogP contribution >= 0.6 is 0 Å². The molecule has 4 aliphatic rings. The van der Waals surface area contributed by atoms with Crippen LogP contribution in [0.3, 0.4) is 0 Å². The van der Waals surface area contributed by atoms with Crippen LogP contribution < -0.4 is 0 Å². The van der Waals surface area contributed by atoms with Gasteiger partial charge in [0.05, 0.1) is 0 Å². The summed E-state index contributed by atoms with van der Waals surface area (Å²) in [5.74, 6) is 2.26. The molecule has 0 aromatic rings. The molecule has 6 amide bonds. The Balaban J connectivity index is 0.000000271. The van der Waals surface area contributed by atoms with Crippen molar-refractivity contribution in [3.63, 3.8) is 0 Å². The summed E-state index contributed by atoms with van der Waals surface area (Å²) in [5.41, 5.74) is -0.0297. The summed E-state index contributed by atoms with van der Waals surface area (Å²) < 4.78 is 0. The number of likely N-dealkylation sites (tertiary alicyclic amines) is 2. The maximum Gasteiger partial charge on any atom is 0.320 e. The number of hydrogen-bond acceptors (Lipinski definition) is 6. The minimum Gasteiger partial charge on any atom is -0.336 e. The number of allylic oxidation sites excluding steroid dienone is 1. The lowest BCUT2D eigenvalue weighted by atomic mass is 9.93. The highest BCUT2D eigenvalue weighted by molar-refractivity contribution is 5.97. The van der Waals surface area contributed by atoms with Crippen molar-refractivity contribution in [2.24, 2.45) is 29.1 Å². The molecular formula is C38H64N8O4. The van der Waals surface area contributed by atoms with E-state index in [0.717, 1.165) is 45.6 Å². The van der Waals surface area contributed by atoms with Gasteiger partial charge in [-0.2, -0.15) is 5.26 Å². The van der Waals surface area contributed by atoms with Gasteiger partial charge in [0, 0.05) is 91.2 Å². The highest BCUT2D eigenvalue weighted by Gasteiger charge is 2.34. The van der Waals surface area contributed by atoms with Crippen molar-refractivity contribution in [2.45, 2.75) is 61.3 Å². The second-order valence-electron chi connectivity index (χ2n) is 16.3. The van der Waals surface area contributed by atoms with Crippen LogP contribution in [0.1, 0.15) is 61.3 Å². The van der Waals surface area contributed by atoms with Crippen LogP contribution in [0.15, 0.2) is 23.8 Å². The average molecular weight is 697 g/mol. The number of likely N-dealkylation sites (N-methyl/N-ethyl adjacent to an activating group) is 1. The van der Waals surface area contributed by atoms with Gasteiger partial charge in [-0.1, -0.05) is 60.6 Å². The summed E-state index contributed by atoms with van der Waals surface area (Å²) in [6.07, 6.45) is 7.44. The standard InChI is InChI=1S/C20H32N4O2.C18H32N4O2/c1-15(2)16-6-7-24(14-16)19(26)23-10-8-22(9-11-23)18(25)17(13-21)12-20(3,4)5;1-15(2)16-7-9-22(14-16)18(24)21-12-10-20(11-13-21)17(23)6-5-8-19(3)4/h12,15-16H,6-11,14H2,1-5H3;5-6,15-16H,7-14H2,1-4H3/b17-12+;6-5+. The van der Waals surface area contributed by atoms with E-state index in [9.17, 15) is 24.4 Å². The van der Waals surface area contributed by atoms with Crippen molar-refractivity contribution in [1.82, 2.24) is 34.3 Å². The second-order valence-corrected chi connectivity index (χ2v) is 16.3. The normalized spacial score (nSPS) is 22.1. The Labute approximate surface area is 301 Å². The van der Waals surface area contributed by atoms with Gasteiger partial charge in [0.1, 0.15) is 11.6 Å². The Bertz CT molecular complexity index is 1260. The molecule has 2 atom stereocenters. The van der Waals surface area contributed by atoms with Crippen LogP contribution in [0.5, 0.6) is 0 Å². The molecule has 50 heavy (non-hydrogen) atoms. The van der Waals surface area contributed by atoms with Crippen molar-refractivity contribution in [3.8, 4) is 6.07 Å². The summed E-state index contributed by atoms with van der Waals surface area (Å²) in [6, 6.07) is 2.27. The third-order valence-corrected chi connectivity index (χ3v) is 10.2. The van der Waals surface area contributed by atoms with Crippen molar-refractivity contribution < 1.29 is 19.2 Å². The van der Waals surface area contributed by atoms with Crippen molar-refractivity contribution >= 4 is 23.9 Å². The number of urea groups is 2. The van der Waals surface area contributed by atoms with E-state index < -0.39 is 0 Å². The first kappa shape index (κ1) is 40.8. The van der Waals surface area contributed by atoms with Crippen molar-refractivity contribution in [2.75, 3.05) is 99.2 Å². The minimum atomic E-state index is -0.226. The van der Waals surface area contributed by atoms with Gasteiger partial charge in [0.25, 0.3) is 5.91 Å². The first-order valence-electron chi connectivity index (χ1n) is 18.6. The molecule has 0 N–H and O–H groups in total. The van der Waals surface area contributed by atoms with Gasteiger partial charge in [0.15, 0.2) is 0 Å². The quantitative estimate of drug-likeness (QED) is 0.306. The van der Waals surface area contributed by atoms with Gasteiger partial charge in [-0.05, 0) is 56.0 Å². The van der Waals surface area contributed by atoms with E-state index in [1.54, 1.807) is 17.1 Å². The molecule has 4 aliphatic heterocycles. The summed E-state index contributed by atoms with van der Waals surface area (Å²) in [4.78, 5) is 63.2. The smallest absolute Gasteiger partial charge is 0.320 e. The minimum absolute atomic E-state index is 0.0463. The molecule has 4 fully saturated rings. The lowest BCUT2D eigenvalue weighted by molar-refractivity contribution is -0.128. The molecule has 2 unspecified atom stereocenters. The summed E-state index contributed by atoms with van der Waals surface area (Å²) in [7, 11) is 3.95. The highest BCUT2D eigenvalue weighted by Crippen LogP contribution is 2.26. The fourth-order valence-corrected chi connectivity index (χ4v) is 6.84. The molecule has 0 aromatic carbocycles. The van der Waals surface area contributed by atoms with E-state index in [2.05, 4.69) is 27.7 Å². The van der Waals surface area contributed by atoms with Crippen LogP contribution in [0.2, 0.25) is 0 Å². The molecule has 4 heterocycles. The number of piperazine rings is 2. The van der Waals surface area contributed by atoms with Gasteiger partial charge >= 0.3 is 12.1 Å². The molecule has 0 bridgehead atoms. The molecule has 12 nitrogen and oxygen atoms in total. The first-order chi connectivity index (χ1) is 23.5. The summed E-state index contributed by atoms with van der Waals surface area (Å²) >= 11 is 0. The topological polar surface area (TPSA) is 115 Å². The van der Waals surface area contributed by atoms with E-state index in [4.69, 9.17) is 0 Å².